The number of benzene rings is 1. The third-order valence-corrected chi connectivity index (χ3v) is 4.31. The third kappa shape index (κ3) is 3.56. The van der Waals surface area contributed by atoms with E-state index in [1.807, 2.05) is 6.08 Å². The molecule has 0 aliphatic heterocycles. The molecule has 106 valence electrons. The summed E-state index contributed by atoms with van der Waals surface area (Å²) in [5.41, 5.74) is 5.00. The number of rotatable bonds is 6. The second-order valence-electron chi connectivity index (χ2n) is 5.07. The SMILES string of the molecule is C=CCNCCc1nc(-c2ccc(C)cc2C)c(C)s1. The van der Waals surface area contributed by atoms with Gasteiger partial charge in [0.15, 0.2) is 0 Å². The Morgan fingerprint density at radius 3 is 2.80 bits per heavy atom. The van der Waals surface area contributed by atoms with Crippen molar-refractivity contribution in [2.75, 3.05) is 13.1 Å². The van der Waals surface area contributed by atoms with Crippen LogP contribution in [0, 0.1) is 20.8 Å². The molecule has 0 atom stereocenters. The highest BCUT2D eigenvalue weighted by Gasteiger charge is 2.11. The maximum atomic E-state index is 4.82. The molecule has 0 spiro atoms. The lowest BCUT2D eigenvalue weighted by molar-refractivity contribution is 0.742. The van der Waals surface area contributed by atoms with Crippen LogP contribution in [0.5, 0.6) is 0 Å². The van der Waals surface area contributed by atoms with Gasteiger partial charge in [-0.2, -0.15) is 0 Å². The van der Waals surface area contributed by atoms with E-state index in [0.717, 1.165) is 25.2 Å². The molecule has 1 N–H and O–H groups in total. The van der Waals surface area contributed by atoms with E-state index in [-0.39, 0.29) is 0 Å². The first-order chi connectivity index (χ1) is 9.61. The highest BCUT2D eigenvalue weighted by atomic mass is 32.1. The molecule has 0 fully saturated rings. The number of nitrogens with zero attached hydrogens (tertiary/aromatic N) is 1. The standard InChI is InChI=1S/C17H22N2S/c1-5-9-18-10-8-16-19-17(14(4)20-16)15-7-6-12(2)11-13(15)3/h5-7,11,18H,1,8-10H2,2-4H3. The Morgan fingerprint density at radius 2 is 2.10 bits per heavy atom. The molecule has 0 saturated carbocycles. The summed E-state index contributed by atoms with van der Waals surface area (Å²) in [4.78, 5) is 6.12. The van der Waals surface area contributed by atoms with E-state index < -0.39 is 0 Å². The van der Waals surface area contributed by atoms with Crippen LogP contribution >= 0.6 is 11.3 Å². The summed E-state index contributed by atoms with van der Waals surface area (Å²) >= 11 is 1.80. The monoisotopic (exact) mass is 286 g/mol. The van der Waals surface area contributed by atoms with Crippen LogP contribution in [0.4, 0.5) is 0 Å². The lowest BCUT2D eigenvalue weighted by Gasteiger charge is -2.05. The van der Waals surface area contributed by atoms with Gasteiger partial charge in [0, 0.05) is 30.0 Å². The van der Waals surface area contributed by atoms with Crippen molar-refractivity contribution in [1.29, 1.82) is 0 Å². The van der Waals surface area contributed by atoms with Gasteiger partial charge in [-0.1, -0.05) is 29.8 Å². The van der Waals surface area contributed by atoms with Gasteiger partial charge in [-0.05, 0) is 26.3 Å². The Bertz CT molecular complexity index is 599. The number of thiazole rings is 1. The van der Waals surface area contributed by atoms with Crippen LogP contribution in [0.3, 0.4) is 0 Å². The van der Waals surface area contributed by atoms with Crippen molar-refractivity contribution < 1.29 is 0 Å². The van der Waals surface area contributed by atoms with E-state index in [1.165, 1.54) is 26.6 Å². The van der Waals surface area contributed by atoms with E-state index in [2.05, 4.69) is 50.9 Å². The summed E-state index contributed by atoms with van der Waals surface area (Å²) < 4.78 is 0. The number of nitrogens with one attached hydrogen (secondary N) is 1. The zero-order valence-corrected chi connectivity index (χ0v) is 13.3. The Balaban J connectivity index is 2.16. The van der Waals surface area contributed by atoms with Gasteiger partial charge in [0.05, 0.1) is 10.7 Å². The molecule has 0 radical (unpaired) electrons. The lowest BCUT2D eigenvalue weighted by Crippen LogP contribution is -2.16. The van der Waals surface area contributed by atoms with Crippen LogP contribution in [-0.2, 0) is 6.42 Å². The molecule has 0 bridgehead atoms. The second-order valence-corrected chi connectivity index (χ2v) is 6.36. The third-order valence-electron chi connectivity index (χ3n) is 3.28. The van der Waals surface area contributed by atoms with E-state index >= 15 is 0 Å². The second kappa shape index (κ2) is 6.82. The van der Waals surface area contributed by atoms with Crippen LogP contribution < -0.4 is 5.32 Å². The fourth-order valence-electron chi connectivity index (χ4n) is 2.29. The predicted molar refractivity (Wildman–Crippen MR) is 88.5 cm³/mol. The lowest BCUT2D eigenvalue weighted by atomic mass is 10.0. The first kappa shape index (κ1) is 14.9. The van der Waals surface area contributed by atoms with E-state index in [4.69, 9.17) is 4.98 Å². The maximum absolute atomic E-state index is 4.82. The molecule has 0 amide bonds. The Labute approximate surface area is 125 Å². The quantitative estimate of drug-likeness (QED) is 0.640. The smallest absolute Gasteiger partial charge is 0.0948 e. The van der Waals surface area contributed by atoms with Crippen LogP contribution in [0.1, 0.15) is 21.0 Å². The number of aromatic nitrogens is 1. The highest BCUT2D eigenvalue weighted by Crippen LogP contribution is 2.30. The van der Waals surface area contributed by atoms with E-state index in [1.54, 1.807) is 11.3 Å². The zero-order valence-electron chi connectivity index (χ0n) is 12.5. The summed E-state index contributed by atoms with van der Waals surface area (Å²) in [5, 5.41) is 4.52. The minimum atomic E-state index is 0.855. The van der Waals surface area contributed by atoms with Crippen LogP contribution in [0.25, 0.3) is 11.3 Å². The van der Waals surface area contributed by atoms with Gasteiger partial charge in [-0.15, -0.1) is 17.9 Å². The molecule has 0 aliphatic carbocycles. The van der Waals surface area contributed by atoms with Crippen molar-refractivity contribution >= 4 is 11.3 Å². The average molecular weight is 286 g/mol. The highest BCUT2D eigenvalue weighted by molar-refractivity contribution is 7.12. The molecule has 0 unspecified atom stereocenters. The number of aryl methyl sites for hydroxylation is 3. The largest absolute Gasteiger partial charge is 0.313 e. The first-order valence-corrected chi connectivity index (χ1v) is 7.79. The molecule has 0 saturated heterocycles. The molecule has 2 nitrogen and oxygen atoms in total. The normalized spacial score (nSPS) is 10.8. The van der Waals surface area contributed by atoms with Gasteiger partial charge < -0.3 is 5.32 Å². The molecular weight excluding hydrogens is 264 g/mol. The molecular formula is C17H22N2S. The molecule has 2 rings (SSSR count). The topological polar surface area (TPSA) is 24.9 Å². The molecule has 20 heavy (non-hydrogen) atoms. The van der Waals surface area contributed by atoms with E-state index in [9.17, 15) is 0 Å². The van der Waals surface area contributed by atoms with Crippen molar-refractivity contribution in [2.45, 2.75) is 27.2 Å². The van der Waals surface area contributed by atoms with Gasteiger partial charge in [-0.3, -0.25) is 0 Å². The van der Waals surface area contributed by atoms with Gasteiger partial charge >= 0.3 is 0 Å². The molecule has 1 aromatic carbocycles. The Hall–Kier alpha value is -1.45. The number of hydrogen-bond acceptors (Lipinski definition) is 3. The van der Waals surface area contributed by atoms with Crippen molar-refractivity contribution in [3.63, 3.8) is 0 Å². The van der Waals surface area contributed by atoms with Gasteiger partial charge in [-0.25, -0.2) is 4.98 Å². The summed E-state index contributed by atoms with van der Waals surface area (Å²) in [6.45, 7) is 12.0. The number of hydrogen-bond donors (Lipinski definition) is 1. The van der Waals surface area contributed by atoms with Gasteiger partial charge in [0.25, 0.3) is 0 Å². The van der Waals surface area contributed by atoms with Crippen molar-refractivity contribution in [2.24, 2.45) is 0 Å². The molecule has 1 heterocycles. The van der Waals surface area contributed by atoms with Crippen LogP contribution in [0.2, 0.25) is 0 Å². The fourth-order valence-corrected chi connectivity index (χ4v) is 3.23. The van der Waals surface area contributed by atoms with Crippen molar-refractivity contribution in [3.8, 4) is 11.3 Å². The summed E-state index contributed by atoms with van der Waals surface area (Å²) in [5.74, 6) is 0. The van der Waals surface area contributed by atoms with Gasteiger partial charge in [0.2, 0.25) is 0 Å². The fraction of sp³-hybridized carbons (Fsp3) is 0.353. The predicted octanol–water partition coefficient (Wildman–Crippen LogP) is 4.05. The van der Waals surface area contributed by atoms with Crippen molar-refractivity contribution in [3.05, 3.63) is 51.9 Å². The molecule has 3 heteroatoms. The van der Waals surface area contributed by atoms with Crippen LogP contribution in [0.15, 0.2) is 30.9 Å². The molecule has 0 aliphatic rings. The molecule has 2 aromatic rings. The zero-order chi connectivity index (χ0) is 14.5. The summed E-state index contributed by atoms with van der Waals surface area (Å²) in [6, 6.07) is 6.57. The summed E-state index contributed by atoms with van der Waals surface area (Å²) in [7, 11) is 0. The molecule has 1 aromatic heterocycles. The minimum Gasteiger partial charge on any atom is -0.313 e. The minimum absolute atomic E-state index is 0.855. The van der Waals surface area contributed by atoms with E-state index in [0.29, 0.717) is 0 Å². The Kier molecular flexibility index (Phi) is 5.10. The van der Waals surface area contributed by atoms with Crippen molar-refractivity contribution in [1.82, 2.24) is 10.3 Å². The van der Waals surface area contributed by atoms with Gasteiger partial charge in [0.1, 0.15) is 0 Å². The Morgan fingerprint density at radius 1 is 1.30 bits per heavy atom. The summed E-state index contributed by atoms with van der Waals surface area (Å²) in [6.07, 6.45) is 2.86. The maximum Gasteiger partial charge on any atom is 0.0948 e. The average Bonchev–Trinajstić information content (AvgIpc) is 2.76. The first-order valence-electron chi connectivity index (χ1n) is 6.97. The van der Waals surface area contributed by atoms with Crippen LogP contribution in [-0.4, -0.2) is 18.1 Å².